The van der Waals surface area contributed by atoms with E-state index in [4.69, 9.17) is 0 Å². The Bertz CT molecular complexity index is 512. The summed E-state index contributed by atoms with van der Waals surface area (Å²) in [6.07, 6.45) is 4.53. The molecule has 0 spiro atoms. The SMILES string of the molecule is CCNC(c1ccc2c(c1)CC(=O)N2)C1CCCC1C. The molecule has 1 aromatic carbocycles. The lowest BCUT2D eigenvalue weighted by Gasteiger charge is -2.28. The van der Waals surface area contributed by atoms with E-state index in [1.165, 1.54) is 24.8 Å². The number of hydrogen-bond donors (Lipinski definition) is 2. The van der Waals surface area contributed by atoms with Gasteiger partial charge in [0.2, 0.25) is 5.91 Å². The number of carbonyl (C=O) groups is 1. The highest BCUT2D eigenvalue weighted by molar-refractivity contribution is 5.99. The maximum atomic E-state index is 11.5. The minimum absolute atomic E-state index is 0.117. The number of benzene rings is 1. The Morgan fingerprint density at radius 3 is 2.95 bits per heavy atom. The largest absolute Gasteiger partial charge is 0.326 e. The zero-order valence-corrected chi connectivity index (χ0v) is 12.4. The van der Waals surface area contributed by atoms with Crippen molar-refractivity contribution in [2.45, 2.75) is 45.6 Å². The number of amides is 1. The van der Waals surface area contributed by atoms with Crippen molar-refractivity contribution in [2.75, 3.05) is 11.9 Å². The van der Waals surface area contributed by atoms with Crippen LogP contribution in [0.5, 0.6) is 0 Å². The fourth-order valence-corrected chi connectivity index (χ4v) is 3.85. The lowest BCUT2D eigenvalue weighted by Crippen LogP contribution is -2.29. The number of nitrogens with one attached hydrogen (secondary N) is 2. The van der Waals surface area contributed by atoms with E-state index in [1.807, 2.05) is 0 Å². The summed E-state index contributed by atoms with van der Waals surface area (Å²) in [7, 11) is 0. The molecule has 1 aromatic rings. The van der Waals surface area contributed by atoms with Gasteiger partial charge in [-0.05, 0) is 42.0 Å². The fourth-order valence-electron chi connectivity index (χ4n) is 3.85. The molecule has 0 radical (unpaired) electrons. The molecule has 108 valence electrons. The van der Waals surface area contributed by atoms with Gasteiger partial charge in [0.05, 0.1) is 6.42 Å². The molecule has 0 aromatic heterocycles. The Morgan fingerprint density at radius 2 is 2.25 bits per heavy atom. The normalized spacial score (nSPS) is 26.4. The third-order valence-corrected chi connectivity index (χ3v) is 4.89. The van der Waals surface area contributed by atoms with Crippen LogP contribution in [0.1, 0.15) is 50.3 Å². The maximum absolute atomic E-state index is 11.5. The van der Waals surface area contributed by atoms with Gasteiger partial charge in [0.15, 0.2) is 0 Å². The zero-order valence-electron chi connectivity index (χ0n) is 12.4. The summed E-state index contributed by atoms with van der Waals surface area (Å²) in [6.45, 7) is 5.54. The van der Waals surface area contributed by atoms with Crippen LogP contribution in [0.3, 0.4) is 0 Å². The molecular formula is C17H24N2O. The average Bonchev–Trinajstić information content (AvgIpc) is 3.00. The van der Waals surface area contributed by atoms with Crippen molar-refractivity contribution in [1.82, 2.24) is 5.32 Å². The third kappa shape index (κ3) is 2.47. The van der Waals surface area contributed by atoms with Gasteiger partial charge in [-0.15, -0.1) is 0 Å². The Balaban J connectivity index is 1.88. The van der Waals surface area contributed by atoms with E-state index >= 15 is 0 Å². The minimum atomic E-state index is 0.117. The van der Waals surface area contributed by atoms with Crippen molar-refractivity contribution in [1.29, 1.82) is 0 Å². The van der Waals surface area contributed by atoms with Crippen molar-refractivity contribution in [3.63, 3.8) is 0 Å². The first kappa shape index (κ1) is 13.6. The Hall–Kier alpha value is -1.35. The topological polar surface area (TPSA) is 41.1 Å². The van der Waals surface area contributed by atoms with E-state index < -0.39 is 0 Å². The lowest BCUT2D eigenvalue weighted by atomic mass is 9.85. The van der Waals surface area contributed by atoms with Crippen molar-refractivity contribution >= 4 is 11.6 Å². The van der Waals surface area contributed by atoms with Gasteiger partial charge < -0.3 is 10.6 Å². The molecule has 1 heterocycles. The van der Waals surface area contributed by atoms with Crippen LogP contribution in [-0.2, 0) is 11.2 Å². The van der Waals surface area contributed by atoms with Gasteiger partial charge in [-0.3, -0.25) is 4.79 Å². The highest BCUT2D eigenvalue weighted by Gasteiger charge is 2.32. The fraction of sp³-hybridized carbons (Fsp3) is 0.588. The van der Waals surface area contributed by atoms with Gasteiger partial charge in [0.1, 0.15) is 0 Å². The molecule has 3 unspecified atom stereocenters. The van der Waals surface area contributed by atoms with Gasteiger partial charge in [-0.2, -0.15) is 0 Å². The summed E-state index contributed by atoms with van der Waals surface area (Å²) in [6, 6.07) is 6.91. The molecular weight excluding hydrogens is 248 g/mol. The van der Waals surface area contributed by atoms with E-state index in [1.54, 1.807) is 0 Å². The molecule has 2 N–H and O–H groups in total. The molecule has 1 aliphatic heterocycles. The van der Waals surface area contributed by atoms with Crippen LogP contribution in [0.4, 0.5) is 5.69 Å². The van der Waals surface area contributed by atoms with E-state index in [2.05, 4.69) is 42.7 Å². The van der Waals surface area contributed by atoms with E-state index in [-0.39, 0.29) is 5.91 Å². The molecule has 0 saturated heterocycles. The Labute approximate surface area is 121 Å². The molecule has 3 nitrogen and oxygen atoms in total. The molecule has 20 heavy (non-hydrogen) atoms. The second kappa shape index (κ2) is 5.57. The van der Waals surface area contributed by atoms with Gasteiger partial charge in [0, 0.05) is 11.7 Å². The van der Waals surface area contributed by atoms with Crippen molar-refractivity contribution < 1.29 is 4.79 Å². The highest BCUT2D eigenvalue weighted by Crippen LogP contribution is 2.41. The van der Waals surface area contributed by atoms with Crippen LogP contribution in [-0.4, -0.2) is 12.5 Å². The maximum Gasteiger partial charge on any atom is 0.228 e. The molecule has 3 atom stereocenters. The third-order valence-electron chi connectivity index (χ3n) is 4.89. The van der Waals surface area contributed by atoms with E-state index in [0.29, 0.717) is 12.5 Å². The zero-order chi connectivity index (χ0) is 14.1. The first-order valence-electron chi connectivity index (χ1n) is 7.85. The monoisotopic (exact) mass is 272 g/mol. The summed E-state index contributed by atoms with van der Waals surface area (Å²) < 4.78 is 0. The van der Waals surface area contributed by atoms with Gasteiger partial charge in [0.25, 0.3) is 0 Å². The molecule has 3 rings (SSSR count). The summed E-state index contributed by atoms with van der Waals surface area (Å²) in [4.78, 5) is 11.5. The average molecular weight is 272 g/mol. The smallest absolute Gasteiger partial charge is 0.228 e. The summed E-state index contributed by atoms with van der Waals surface area (Å²) in [5, 5.41) is 6.58. The van der Waals surface area contributed by atoms with Crippen LogP contribution in [0, 0.1) is 11.8 Å². The number of carbonyl (C=O) groups excluding carboxylic acids is 1. The van der Waals surface area contributed by atoms with Gasteiger partial charge in [-0.1, -0.05) is 38.8 Å². The van der Waals surface area contributed by atoms with Crippen molar-refractivity contribution in [3.8, 4) is 0 Å². The van der Waals surface area contributed by atoms with Gasteiger partial charge in [-0.25, -0.2) is 0 Å². The highest BCUT2D eigenvalue weighted by atomic mass is 16.1. The van der Waals surface area contributed by atoms with E-state index in [0.717, 1.165) is 29.6 Å². The van der Waals surface area contributed by atoms with E-state index in [9.17, 15) is 4.79 Å². The van der Waals surface area contributed by atoms with Crippen LogP contribution < -0.4 is 10.6 Å². The molecule has 1 fully saturated rings. The number of anilines is 1. The first-order chi connectivity index (χ1) is 9.69. The number of fused-ring (bicyclic) bond motifs is 1. The standard InChI is InChI=1S/C17H24N2O/c1-3-18-17(14-6-4-5-11(14)2)12-7-8-15-13(9-12)10-16(20)19-15/h7-9,11,14,17-18H,3-6,10H2,1-2H3,(H,19,20). The summed E-state index contributed by atoms with van der Waals surface area (Å²) >= 11 is 0. The van der Waals surface area contributed by atoms with Crippen LogP contribution in [0.2, 0.25) is 0 Å². The quantitative estimate of drug-likeness (QED) is 0.883. The predicted molar refractivity (Wildman–Crippen MR) is 81.7 cm³/mol. The van der Waals surface area contributed by atoms with Crippen molar-refractivity contribution in [3.05, 3.63) is 29.3 Å². The lowest BCUT2D eigenvalue weighted by molar-refractivity contribution is -0.115. The molecule has 1 amide bonds. The number of hydrogen-bond acceptors (Lipinski definition) is 2. The number of rotatable bonds is 4. The minimum Gasteiger partial charge on any atom is -0.326 e. The molecule has 1 saturated carbocycles. The van der Waals surface area contributed by atoms with Crippen LogP contribution in [0.15, 0.2) is 18.2 Å². The summed E-state index contributed by atoms with van der Waals surface area (Å²) in [5.74, 6) is 1.62. The van der Waals surface area contributed by atoms with Gasteiger partial charge >= 0.3 is 0 Å². The second-order valence-electron chi connectivity index (χ2n) is 6.25. The van der Waals surface area contributed by atoms with Crippen molar-refractivity contribution in [2.24, 2.45) is 11.8 Å². The predicted octanol–water partition coefficient (Wildman–Crippen LogP) is 3.27. The molecule has 3 heteroatoms. The Morgan fingerprint density at radius 1 is 1.40 bits per heavy atom. The molecule has 2 aliphatic rings. The Kier molecular flexibility index (Phi) is 3.79. The molecule has 0 bridgehead atoms. The van der Waals surface area contributed by atoms with Crippen LogP contribution in [0.25, 0.3) is 0 Å². The molecule has 1 aliphatic carbocycles. The first-order valence-corrected chi connectivity index (χ1v) is 7.85. The summed E-state index contributed by atoms with van der Waals surface area (Å²) in [5.41, 5.74) is 3.50. The van der Waals surface area contributed by atoms with Crippen LogP contribution >= 0.6 is 0 Å². The second-order valence-corrected chi connectivity index (χ2v) is 6.25.